The molecule has 1 heterocycles. The van der Waals surface area contributed by atoms with Crippen LogP contribution in [0, 0.1) is 0 Å². The minimum atomic E-state index is -4.79. The second-order valence-corrected chi connectivity index (χ2v) is 9.32. The molecule has 1 aliphatic rings. The molecular weight excluding hydrogens is 471 g/mol. The van der Waals surface area contributed by atoms with Crippen LogP contribution in [0.25, 0.3) is 0 Å². The molecule has 2 aromatic carbocycles. The molecule has 1 N–H and O–H groups in total. The second kappa shape index (κ2) is 9.47. The van der Waals surface area contributed by atoms with Gasteiger partial charge in [-0.05, 0) is 30.3 Å². The molecule has 1 aliphatic heterocycles. The van der Waals surface area contributed by atoms with Gasteiger partial charge in [0, 0.05) is 31.7 Å². The number of sulfonamides is 1. The molecule has 0 saturated carbocycles. The van der Waals surface area contributed by atoms with Gasteiger partial charge in [0.25, 0.3) is 5.91 Å². The predicted molar refractivity (Wildman–Crippen MR) is 111 cm³/mol. The molecule has 0 bridgehead atoms. The summed E-state index contributed by atoms with van der Waals surface area (Å²) in [5, 5.41) is 1.91. The number of piperazine rings is 1. The van der Waals surface area contributed by atoms with E-state index in [4.69, 9.17) is 11.6 Å². The van der Waals surface area contributed by atoms with Gasteiger partial charge in [-0.25, -0.2) is 8.42 Å². The molecule has 3 rings (SSSR count). The van der Waals surface area contributed by atoms with Crippen LogP contribution < -0.4 is 5.32 Å². The molecule has 0 atom stereocenters. The van der Waals surface area contributed by atoms with E-state index in [9.17, 15) is 31.2 Å². The van der Waals surface area contributed by atoms with Crippen LogP contribution in [0.15, 0.2) is 53.4 Å². The first-order valence-corrected chi connectivity index (χ1v) is 11.3. The Morgan fingerprint density at radius 1 is 1.00 bits per heavy atom. The van der Waals surface area contributed by atoms with Gasteiger partial charge in [-0.2, -0.15) is 17.5 Å². The van der Waals surface area contributed by atoms with Crippen molar-refractivity contribution in [3.8, 4) is 0 Å². The normalized spacial score (nSPS) is 15.4. The molecule has 0 spiro atoms. The van der Waals surface area contributed by atoms with E-state index < -0.39 is 43.5 Å². The summed E-state index contributed by atoms with van der Waals surface area (Å²) in [6.45, 7) is -0.361. The van der Waals surface area contributed by atoms with Crippen LogP contribution >= 0.6 is 11.6 Å². The molecule has 0 aliphatic carbocycles. The Balaban J connectivity index is 1.60. The van der Waals surface area contributed by atoms with Crippen LogP contribution in [0.1, 0.15) is 15.9 Å². The fourth-order valence-corrected chi connectivity index (χ4v) is 4.84. The summed E-state index contributed by atoms with van der Waals surface area (Å²) in [5.74, 6) is -0.805. The molecule has 1 saturated heterocycles. The zero-order valence-corrected chi connectivity index (χ0v) is 18.2. The number of halogens is 4. The van der Waals surface area contributed by atoms with Gasteiger partial charge >= 0.3 is 6.18 Å². The number of nitrogens with zero attached hydrogens (tertiary/aromatic N) is 2. The average molecular weight is 490 g/mol. The third-order valence-electron chi connectivity index (χ3n) is 4.91. The number of hydrogen-bond acceptors (Lipinski definition) is 4. The van der Waals surface area contributed by atoms with Crippen molar-refractivity contribution >= 4 is 33.4 Å². The largest absolute Gasteiger partial charge is 0.417 e. The van der Waals surface area contributed by atoms with Gasteiger partial charge in [-0.1, -0.05) is 29.8 Å². The lowest BCUT2D eigenvalue weighted by atomic mass is 10.2. The third kappa shape index (κ3) is 5.40. The van der Waals surface area contributed by atoms with Crippen molar-refractivity contribution in [2.24, 2.45) is 0 Å². The van der Waals surface area contributed by atoms with Gasteiger partial charge in [-0.15, -0.1) is 0 Å². The topological polar surface area (TPSA) is 86.8 Å². The summed E-state index contributed by atoms with van der Waals surface area (Å²) < 4.78 is 65.8. The number of alkyl halides is 3. The van der Waals surface area contributed by atoms with Crippen LogP contribution in [-0.4, -0.2) is 62.2 Å². The third-order valence-corrected chi connectivity index (χ3v) is 7.13. The Morgan fingerprint density at radius 3 is 2.22 bits per heavy atom. The lowest BCUT2D eigenvalue weighted by Crippen LogP contribution is -2.52. The predicted octanol–water partition coefficient (Wildman–Crippen LogP) is 2.62. The number of amides is 2. The molecule has 7 nitrogen and oxygen atoms in total. The summed E-state index contributed by atoms with van der Waals surface area (Å²) in [6.07, 6.45) is -4.79. The molecule has 1 fully saturated rings. The van der Waals surface area contributed by atoms with Gasteiger partial charge in [-0.3, -0.25) is 9.59 Å². The van der Waals surface area contributed by atoms with Crippen molar-refractivity contribution in [2.45, 2.75) is 11.1 Å². The molecule has 12 heteroatoms. The highest BCUT2D eigenvalue weighted by Crippen LogP contribution is 2.36. The number of nitrogens with one attached hydrogen (secondary N) is 1. The Bertz CT molecular complexity index is 1100. The fraction of sp³-hybridized carbons (Fsp3) is 0.300. The first kappa shape index (κ1) is 24.0. The summed E-state index contributed by atoms with van der Waals surface area (Å²) >= 11 is 5.56. The highest BCUT2D eigenvalue weighted by Gasteiger charge is 2.36. The zero-order valence-electron chi connectivity index (χ0n) is 16.6. The van der Waals surface area contributed by atoms with Crippen LogP contribution in [0.3, 0.4) is 0 Å². The minimum absolute atomic E-state index is 0.0407. The Labute approximate surface area is 187 Å². The van der Waals surface area contributed by atoms with Gasteiger partial charge < -0.3 is 10.2 Å². The first-order chi connectivity index (χ1) is 15.0. The van der Waals surface area contributed by atoms with E-state index >= 15 is 0 Å². The maximum absolute atomic E-state index is 13.1. The van der Waals surface area contributed by atoms with Gasteiger partial charge in [0.2, 0.25) is 15.9 Å². The Hall–Kier alpha value is -2.63. The van der Waals surface area contributed by atoms with Crippen molar-refractivity contribution in [2.75, 3.05) is 32.7 Å². The number of hydrogen-bond donors (Lipinski definition) is 1. The second-order valence-electron chi connectivity index (χ2n) is 6.97. The van der Waals surface area contributed by atoms with Crippen molar-refractivity contribution < 1.29 is 31.2 Å². The maximum Gasteiger partial charge on any atom is 0.417 e. The highest BCUT2D eigenvalue weighted by atomic mass is 35.5. The van der Waals surface area contributed by atoms with Crippen LogP contribution in [0.2, 0.25) is 5.02 Å². The van der Waals surface area contributed by atoms with E-state index in [0.717, 1.165) is 16.4 Å². The maximum atomic E-state index is 13.1. The number of benzene rings is 2. The molecular formula is C20H19ClF3N3O4S. The van der Waals surface area contributed by atoms with Gasteiger partial charge in [0.1, 0.15) is 0 Å². The molecule has 0 unspecified atom stereocenters. The van der Waals surface area contributed by atoms with Crippen LogP contribution in [-0.2, 0) is 21.0 Å². The zero-order chi connectivity index (χ0) is 23.5. The molecule has 172 valence electrons. The summed E-state index contributed by atoms with van der Waals surface area (Å²) in [7, 11) is -4.21. The first-order valence-electron chi connectivity index (χ1n) is 9.48. The van der Waals surface area contributed by atoms with Crippen LogP contribution in [0.4, 0.5) is 13.2 Å². The van der Waals surface area contributed by atoms with E-state index in [2.05, 4.69) is 5.32 Å². The molecule has 0 radical (unpaired) electrons. The lowest BCUT2D eigenvalue weighted by molar-refractivity contribution is -0.137. The highest BCUT2D eigenvalue weighted by molar-refractivity contribution is 7.89. The monoisotopic (exact) mass is 489 g/mol. The summed E-state index contributed by atoms with van der Waals surface area (Å²) in [4.78, 5) is 25.3. The van der Waals surface area contributed by atoms with Crippen molar-refractivity contribution in [3.05, 3.63) is 64.7 Å². The minimum Gasteiger partial charge on any atom is -0.343 e. The van der Waals surface area contributed by atoms with E-state index in [-0.39, 0.29) is 32.7 Å². The molecule has 32 heavy (non-hydrogen) atoms. The van der Waals surface area contributed by atoms with Crippen molar-refractivity contribution in [3.63, 3.8) is 0 Å². The smallest absolute Gasteiger partial charge is 0.343 e. The Kier molecular flexibility index (Phi) is 7.11. The number of carbonyl (C=O) groups excluding carboxylic acids is 2. The molecule has 2 aromatic rings. The molecule has 0 aromatic heterocycles. The van der Waals surface area contributed by atoms with E-state index in [1.165, 1.54) is 4.90 Å². The van der Waals surface area contributed by atoms with E-state index in [1.54, 1.807) is 30.3 Å². The fourth-order valence-electron chi connectivity index (χ4n) is 3.17. The number of carbonyl (C=O) groups is 2. The van der Waals surface area contributed by atoms with E-state index in [1.807, 2.05) is 0 Å². The van der Waals surface area contributed by atoms with E-state index in [0.29, 0.717) is 11.6 Å². The average Bonchev–Trinajstić information content (AvgIpc) is 2.77. The standard InChI is InChI=1S/C20H19ClF3N3O4S/c21-17-7-6-15(12-16(17)20(22,23)24)32(30,31)27-10-8-26(9-11-27)18(28)13-25-19(29)14-4-2-1-3-5-14/h1-7,12H,8-11,13H2,(H,25,29). The summed E-state index contributed by atoms with van der Waals surface area (Å²) in [5.41, 5.74) is -0.833. The lowest BCUT2D eigenvalue weighted by Gasteiger charge is -2.34. The Morgan fingerprint density at radius 2 is 1.62 bits per heavy atom. The SMILES string of the molecule is O=C(NCC(=O)N1CCN(S(=O)(=O)c2ccc(Cl)c(C(F)(F)F)c2)CC1)c1ccccc1. The molecule has 2 amide bonds. The van der Waals surface area contributed by atoms with Crippen molar-refractivity contribution in [1.82, 2.24) is 14.5 Å². The van der Waals surface area contributed by atoms with Crippen LogP contribution in [0.5, 0.6) is 0 Å². The number of rotatable bonds is 5. The van der Waals surface area contributed by atoms with Crippen molar-refractivity contribution in [1.29, 1.82) is 0 Å². The summed E-state index contributed by atoms with van der Waals surface area (Å²) in [6, 6.07) is 10.8. The quantitative estimate of drug-likeness (QED) is 0.699. The van der Waals surface area contributed by atoms with Gasteiger partial charge in [0.05, 0.1) is 22.0 Å². The van der Waals surface area contributed by atoms with Gasteiger partial charge in [0.15, 0.2) is 0 Å².